The summed E-state index contributed by atoms with van der Waals surface area (Å²) in [5.74, 6) is 0.230. The molecule has 0 aromatic heterocycles. The fourth-order valence-corrected chi connectivity index (χ4v) is 3.84. The molecule has 4 nitrogen and oxygen atoms in total. The van der Waals surface area contributed by atoms with Crippen LogP contribution in [0.1, 0.15) is 62.0 Å². The first-order chi connectivity index (χ1) is 12.8. The molecule has 5 heteroatoms. The second-order valence-corrected chi connectivity index (χ2v) is 8.03. The van der Waals surface area contributed by atoms with Gasteiger partial charge >= 0.3 is 0 Å². The predicted octanol–water partition coefficient (Wildman–Crippen LogP) is 5.23. The van der Waals surface area contributed by atoms with Crippen LogP contribution in [-0.4, -0.2) is 16.6 Å². The van der Waals surface area contributed by atoms with Crippen LogP contribution in [0.3, 0.4) is 0 Å². The van der Waals surface area contributed by atoms with E-state index in [1.165, 1.54) is 0 Å². The molecule has 1 aliphatic heterocycles. The Kier molecular flexibility index (Phi) is 5.78. The topological polar surface area (TPSA) is 58.6 Å². The summed E-state index contributed by atoms with van der Waals surface area (Å²) in [6, 6.07) is 13.1. The van der Waals surface area contributed by atoms with E-state index in [0.29, 0.717) is 24.3 Å². The minimum Gasteiger partial charge on any atom is -0.508 e. The zero-order valence-electron chi connectivity index (χ0n) is 16.0. The van der Waals surface area contributed by atoms with Gasteiger partial charge in [-0.15, -0.1) is 0 Å². The highest BCUT2D eigenvalue weighted by Crippen LogP contribution is 2.45. The number of nitrogens with one attached hydrogen (secondary N) is 1. The van der Waals surface area contributed by atoms with E-state index in [2.05, 4.69) is 5.32 Å². The molecule has 2 aromatic rings. The first-order valence-electron chi connectivity index (χ1n) is 9.31. The molecular formula is C22H26ClNO3. The number of phenols is 1. The molecule has 3 rings (SSSR count). The number of benzene rings is 2. The Morgan fingerprint density at radius 2 is 1.89 bits per heavy atom. The minimum atomic E-state index is -0.434. The summed E-state index contributed by atoms with van der Waals surface area (Å²) in [5.41, 5.74) is 2.38. The van der Waals surface area contributed by atoms with Crippen LogP contribution < -0.4 is 5.32 Å². The van der Waals surface area contributed by atoms with E-state index in [-0.39, 0.29) is 23.9 Å². The Labute approximate surface area is 165 Å². The highest BCUT2D eigenvalue weighted by Gasteiger charge is 2.40. The van der Waals surface area contributed by atoms with Gasteiger partial charge in [0.2, 0.25) is 5.91 Å². The van der Waals surface area contributed by atoms with E-state index in [4.69, 9.17) is 16.3 Å². The number of ether oxygens (including phenoxy) is 1. The van der Waals surface area contributed by atoms with Crippen molar-refractivity contribution in [3.63, 3.8) is 0 Å². The van der Waals surface area contributed by atoms with Crippen LogP contribution in [0.15, 0.2) is 42.5 Å². The summed E-state index contributed by atoms with van der Waals surface area (Å²) in [6.45, 7) is 5.88. The molecule has 0 unspecified atom stereocenters. The lowest BCUT2D eigenvalue weighted by atomic mass is 9.81. The number of phenolic OH excluding ortho intramolecular Hbond substituents is 1. The van der Waals surface area contributed by atoms with Crippen molar-refractivity contribution in [2.75, 3.05) is 0 Å². The molecule has 1 fully saturated rings. The lowest BCUT2D eigenvalue weighted by Crippen LogP contribution is -2.50. The number of hydrogen-bond acceptors (Lipinski definition) is 3. The van der Waals surface area contributed by atoms with Crippen molar-refractivity contribution in [3.8, 4) is 5.75 Å². The van der Waals surface area contributed by atoms with Crippen LogP contribution in [0.4, 0.5) is 0 Å². The van der Waals surface area contributed by atoms with Gasteiger partial charge in [0.1, 0.15) is 5.75 Å². The third-order valence-corrected chi connectivity index (χ3v) is 5.39. The molecule has 1 heterocycles. The summed E-state index contributed by atoms with van der Waals surface area (Å²) >= 11 is 6.03. The molecule has 0 saturated carbocycles. The van der Waals surface area contributed by atoms with Gasteiger partial charge in [0.05, 0.1) is 12.2 Å². The van der Waals surface area contributed by atoms with Crippen LogP contribution in [0.5, 0.6) is 5.75 Å². The second-order valence-electron chi connectivity index (χ2n) is 7.60. The first-order valence-corrected chi connectivity index (χ1v) is 9.69. The van der Waals surface area contributed by atoms with Crippen LogP contribution >= 0.6 is 11.6 Å². The Morgan fingerprint density at radius 1 is 1.22 bits per heavy atom. The summed E-state index contributed by atoms with van der Waals surface area (Å²) in [5, 5.41) is 14.2. The molecule has 144 valence electrons. The summed E-state index contributed by atoms with van der Waals surface area (Å²) in [4.78, 5) is 12.1. The van der Waals surface area contributed by atoms with E-state index < -0.39 is 5.54 Å². The molecule has 2 aromatic carbocycles. The second kappa shape index (κ2) is 7.91. The normalized spacial score (nSPS) is 25.2. The van der Waals surface area contributed by atoms with Gasteiger partial charge in [-0.25, -0.2) is 0 Å². The number of aryl methyl sites for hydroxylation is 1. The number of carbonyl (C=O) groups is 1. The van der Waals surface area contributed by atoms with Crippen molar-refractivity contribution in [2.45, 2.75) is 57.8 Å². The lowest BCUT2D eigenvalue weighted by molar-refractivity contribution is -0.128. The van der Waals surface area contributed by atoms with E-state index in [0.717, 1.165) is 16.7 Å². The summed E-state index contributed by atoms with van der Waals surface area (Å²) < 4.78 is 6.39. The van der Waals surface area contributed by atoms with Crippen LogP contribution in [0.2, 0.25) is 5.02 Å². The van der Waals surface area contributed by atoms with E-state index in [9.17, 15) is 9.90 Å². The Morgan fingerprint density at radius 3 is 2.56 bits per heavy atom. The van der Waals surface area contributed by atoms with E-state index in [1.807, 2.05) is 57.2 Å². The molecule has 1 amide bonds. The third kappa shape index (κ3) is 4.63. The minimum absolute atomic E-state index is 0.0153. The van der Waals surface area contributed by atoms with Gasteiger partial charge in [-0.2, -0.15) is 0 Å². The summed E-state index contributed by atoms with van der Waals surface area (Å²) in [7, 11) is 0. The maximum atomic E-state index is 12.1. The van der Waals surface area contributed by atoms with Crippen molar-refractivity contribution in [1.82, 2.24) is 5.32 Å². The van der Waals surface area contributed by atoms with Crippen molar-refractivity contribution in [2.24, 2.45) is 0 Å². The monoisotopic (exact) mass is 387 g/mol. The number of amides is 1. The van der Waals surface area contributed by atoms with Crippen LogP contribution in [0, 0.1) is 6.92 Å². The van der Waals surface area contributed by atoms with Gasteiger partial charge in [-0.05, 0) is 43.7 Å². The first kappa shape index (κ1) is 19.7. The summed E-state index contributed by atoms with van der Waals surface area (Å²) in [6.07, 6.45) is 1.16. The van der Waals surface area contributed by atoms with E-state index in [1.54, 1.807) is 6.07 Å². The molecule has 27 heavy (non-hydrogen) atoms. The Hall–Kier alpha value is -2.04. The maximum Gasteiger partial charge on any atom is 0.220 e. The van der Waals surface area contributed by atoms with Crippen LogP contribution in [-0.2, 0) is 9.53 Å². The predicted molar refractivity (Wildman–Crippen MR) is 107 cm³/mol. The number of carbonyl (C=O) groups excluding carboxylic acids is 1. The molecule has 0 radical (unpaired) electrons. The SMILES string of the molecule is CCC(=O)N[C@]1(C)C[C@@H](c2ccc(Cl)cc2)O[C@@H](c2cc(C)ccc2O)C1. The van der Waals surface area contributed by atoms with Gasteiger partial charge in [0.15, 0.2) is 0 Å². The highest BCUT2D eigenvalue weighted by atomic mass is 35.5. The Balaban J connectivity index is 1.96. The van der Waals surface area contributed by atoms with Gasteiger partial charge in [-0.3, -0.25) is 4.79 Å². The lowest BCUT2D eigenvalue weighted by Gasteiger charge is -2.43. The van der Waals surface area contributed by atoms with Crippen molar-refractivity contribution in [1.29, 1.82) is 0 Å². The fraction of sp³-hybridized carbons (Fsp3) is 0.409. The number of rotatable bonds is 4. The number of halogens is 1. The highest BCUT2D eigenvalue weighted by molar-refractivity contribution is 6.30. The van der Waals surface area contributed by atoms with Crippen molar-refractivity contribution >= 4 is 17.5 Å². The number of hydrogen-bond donors (Lipinski definition) is 2. The standard InChI is InChI=1S/C22H26ClNO3/c1-4-21(26)24-22(3)12-19(15-6-8-16(23)9-7-15)27-20(13-22)17-11-14(2)5-10-18(17)25/h5-11,19-20,25H,4,12-13H2,1-3H3,(H,24,26)/t19-,20+,22+/m0/s1. The fourth-order valence-electron chi connectivity index (χ4n) is 3.71. The van der Waals surface area contributed by atoms with Crippen LogP contribution in [0.25, 0.3) is 0 Å². The molecule has 0 aliphatic carbocycles. The van der Waals surface area contributed by atoms with Gasteiger partial charge < -0.3 is 15.2 Å². The molecule has 1 saturated heterocycles. The zero-order valence-corrected chi connectivity index (χ0v) is 16.7. The largest absolute Gasteiger partial charge is 0.508 e. The molecular weight excluding hydrogens is 362 g/mol. The molecule has 3 atom stereocenters. The average Bonchev–Trinajstić information content (AvgIpc) is 2.63. The van der Waals surface area contributed by atoms with Crippen molar-refractivity contribution < 1.29 is 14.6 Å². The third-order valence-electron chi connectivity index (χ3n) is 5.13. The smallest absolute Gasteiger partial charge is 0.220 e. The molecule has 2 N–H and O–H groups in total. The molecule has 1 aliphatic rings. The Bertz CT molecular complexity index is 821. The quantitative estimate of drug-likeness (QED) is 0.754. The van der Waals surface area contributed by atoms with E-state index >= 15 is 0 Å². The maximum absolute atomic E-state index is 12.1. The van der Waals surface area contributed by atoms with Gasteiger partial charge in [0, 0.05) is 35.4 Å². The zero-order chi connectivity index (χ0) is 19.6. The van der Waals surface area contributed by atoms with Gasteiger partial charge in [-0.1, -0.05) is 42.3 Å². The van der Waals surface area contributed by atoms with Gasteiger partial charge in [0.25, 0.3) is 0 Å². The number of aromatic hydroxyl groups is 1. The van der Waals surface area contributed by atoms with Crippen molar-refractivity contribution in [3.05, 3.63) is 64.2 Å². The molecule has 0 bridgehead atoms. The molecule has 0 spiro atoms. The average molecular weight is 388 g/mol.